The molecule has 0 aliphatic carbocycles. The standard InChI is InChI=1S/C11H9ClN2O2/c12-9-1-3-10(4-2-9)14-7-8(6-13-14)5-11(15)16/h1-4,6-7H,5H2,(H,15,16). The lowest BCUT2D eigenvalue weighted by atomic mass is 10.2. The van der Waals surface area contributed by atoms with Gasteiger partial charge in [0.15, 0.2) is 0 Å². The van der Waals surface area contributed by atoms with Crippen LogP contribution in [0.2, 0.25) is 5.02 Å². The third-order valence-corrected chi connectivity index (χ3v) is 2.33. The Bertz CT molecular complexity index is 505. The summed E-state index contributed by atoms with van der Waals surface area (Å²) in [5, 5.41) is 13.4. The van der Waals surface area contributed by atoms with Crippen LogP contribution in [0.3, 0.4) is 0 Å². The van der Waals surface area contributed by atoms with Gasteiger partial charge in [-0.1, -0.05) is 11.6 Å². The van der Waals surface area contributed by atoms with Gasteiger partial charge in [0.1, 0.15) is 0 Å². The van der Waals surface area contributed by atoms with E-state index in [-0.39, 0.29) is 6.42 Å². The minimum absolute atomic E-state index is 0.0202. The van der Waals surface area contributed by atoms with Crippen molar-refractivity contribution in [3.8, 4) is 5.69 Å². The number of rotatable bonds is 3. The molecule has 1 heterocycles. The topological polar surface area (TPSA) is 55.1 Å². The number of hydrogen-bond acceptors (Lipinski definition) is 2. The number of benzene rings is 1. The van der Waals surface area contributed by atoms with Crippen molar-refractivity contribution in [1.29, 1.82) is 0 Å². The number of carbonyl (C=O) groups is 1. The third-order valence-electron chi connectivity index (χ3n) is 2.08. The summed E-state index contributed by atoms with van der Waals surface area (Å²) in [5.74, 6) is -0.865. The maximum atomic E-state index is 10.5. The predicted octanol–water partition coefficient (Wildman–Crippen LogP) is 2.15. The Labute approximate surface area is 97.1 Å². The molecule has 0 unspecified atom stereocenters. The first kappa shape index (κ1) is 10.7. The normalized spacial score (nSPS) is 10.3. The van der Waals surface area contributed by atoms with Gasteiger partial charge < -0.3 is 5.11 Å². The van der Waals surface area contributed by atoms with E-state index in [1.807, 2.05) is 12.1 Å². The van der Waals surface area contributed by atoms with Crippen LogP contribution in [0, 0.1) is 0 Å². The summed E-state index contributed by atoms with van der Waals surface area (Å²) < 4.78 is 1.62. The van der Waals surface area contributed by atoms with Crippen molar-refractivity contribution in [2.45, 2.75) is 6.42 Å². The smallest absolute Gasteiger partial charge is 0.307 e. The summed E-state index contributed by atoms with van der Waals surface area (Å²) in [4.78, 5) is 10.5. The van der Waals surface area contributed by atoms with Crippen LogP contribution in [0.25, 0.3) is 5.69 Å². The lowest BCUT2D eigenvalue weighted by Gasteiger charge is -1.99. The van der Waals surface area contributed by atoms with Crippen LogP contribution in [-0.2, 0) is 11.2 Å². The zero-order chi connectivity index (χ0) is 11.5. The maximum Gasteiger partial charge on any atom is 0.307 e. The van der Waals surface area contributed by atoms with Crippen molar-refractivity contribution in [2.24, 2.45) is 0 Å². The Hall–Kier alpha value is -1.81. The quantitative estimate of drug-likeness (QED) is 0.889. The molecule has 0 saturated carbocycles. The van der Waals surface area contributed by atoms with Crippen LogP contribution in [0.5, 0.6) is 0 Å². The van der Waals surface area contributed by atoms with Crippen LogP contribution in [0.4, 0.5) is 0 Å². The van der Waals surface area contributed by atoms with Gasteiger partial charge in [0.2, 0.25) is 0 Å². The van der Waals surface area contributed by atoms with Gasteiger partial charge in [-0.05, 0) is 24.3 Å². The lowest BCUT2D eigenvalue weighted by Crippen LogP contribution is -1.98. The van der Waals surface area contributed by atoms with Crippen molar-refractivity contribution < 1.29 is 9.90 Å². The fourth-order valence-corrected chi connectivity index (χ4v) is 1.49. The fourth-order valence-electron chi connectivity index (χ4n) is 1.36. The largest absolute Gasteiger partial charge is 0.481 e. The summed E-state index contributed by atoms with van der Waals surface area (Å²) in [5.41, 5.74) is 1.52. The number of carboxylic acid groups (broad SMARTS) is 1. The minimum Gasteiger partial charge on any atom is -0.481 e. The van der Waals surface area contributed by atoms with Crippen molar-refractivity contribution in [1.82, 2.24) is 9.78 Å². The van der Waals surface area contributed by atoms with Gasteiger partial charge in [0.25, 0.3) is 0 Å². The van der Waals surface area contributed by atoms with E-state index in [2.05, 4.69) is 5.10 Å². The van der Waals surface area contributed by atoms with Gasteiger partial charge in [-0.2, -0.15) is 5.10 Å². The van der Waals surface area contributed by atoms with Crippen molar-refractivity contribution in [3.05, 3.63) is 47.2 Å². The molecule has 0 radical (unpaired) electrons. The second-order valence-corrected chi connectivity index (χ2v) is 3.78. The number of aliphatic carboxylic acids is 1. The van der Waals surface area contributed by atoms with Gasteiger partial charge >= 0.3 is 5.97 Å². The number of nitrogens with zero attached hydrogens (tertiary/aromatic N) is 2. The van der Waals surface area contributed by atoms with E-state index in [1.165, 1.54) is 0 Å². The molecule has 2 aromatic rings. The van der Waals surface area contributed by atoms with E-state index < -0.39 is 5.97 Å². The first-order chi connectivity index (χ1) is 7.65. The molecule has 0 fully saturated rings. The highest BCUT2D eigenvalue weighted by Gasteiger charge is 2.04. The number of hydrogen-bond donors (Lipinski definition) is 1. The van der Waals surface area contributed by atoms with Crippen LogP contribution in [-0.4, -0.2) is 20.9 Å². The van der Waals surface area contributed by atoms with Crippen LogP contribution in [0.15, 0.2) is 36.7 Å². The Morgan fingerprint density at radius 2 is 2.06 bits per heavy atom. The monoisotopic (exact) mass is 236 g/mol. The Morgan fingerprint density at radius 1 is 1.38 bits per heavy atom. The molecule has 1 aromatic carbocycles. The lowest BCUT2D eigenvalue weighted by molar-refractivity contribution is -0.136. The van der Waals surface area contributed by atoms with E-state index in [4.69, 9.17) is 16.7 Å². The fraction of sp³-hybridized carbons (Fsp3) is 0.0909. The average Bonchev–Trinajstić information content (AvgIpc) is 2.66. The molecule has 5 heteroatoms. The van der Waals surface area contributed by atoms with Gasteiger partial charge in [-0.25, -0.2) is 4.68 Å². The number of halogens is 1. The van der Waals surface area contributed by atoms with Crippen molar-refractivity contribution in [2.75, 3.05) is 0 Å². The summed E-state index contributed by atoms with van der Waals surface area (Å²) in [7, 11) is 0. The maximum absolute atomic E-state index is 10.5. The molecule has 1 aromatic heterocycles. The number of aromatic nitrogens is 2. The summed E-state index contributed by atoms with van der Waals surface area (Å²) >= 11 is 5.77. The van der Waals surface area contributed by atoms with Crippen LogP contribution < -0.4 is 0 Å². The van der Waals surface area contributed by atoms with Crippen molar-refractivity contribution in [3.63, 3.8) is 0 Å². The van der Waals surface area contributed by atoms with Gasteiger partial charge in [-0.15, -0.1) is 0 Å². The highest BCUT2D eigenvalue weighted by molar-refractivity contribution is 6.30. The predicted molar refractivity (Wildman–Crippen MR) is 59.9 cm³/mol. The zero-order valence-electron chi connectivity index (χ0n) is 8.30. The first-order valence-corrected chi connectivity index (χ1v) is 5.04. The Balaban J connectivity index is 2.24. The number of carboxylic acids is 1. The second-order valence-electron chi connectivity index (χ2n) is 3.34. The van der Waals surface area contributed by atoms with E-state index in [9.17, 15) is 4.79 Å². The zero-order valence-corrected chi connectivity index (χ0v) is 9.05. The molecule has 0 atom stereocenters. The molecule has 0 spiro atoms. The Morgan fingerprint density at radius 3 is 2.69 bits per heavy atom. The molecule has 0 amide bonds. The van der Waals surface area contributed by atoms with E-state index in [0.717, 1.165) is 5.69 Å². The SMILES string of the molecule is O=C(O)Cc1cnn(-c2ccc(Cl)cc2)c1. The molecule has 82 valence electrons. The summed E-state index contributed by atoms with van der Waals surface area (Å²) in [6, 6.07) is 7.16. The highest BCUT2D eigenvalue weighted by atomic mass is 35.5. The third kappa shape index (κ3) is 2.41. The van der Waals surface area contributed by atoms with Crippen LogP contribution in [0.1, 0.15) is 5.56 Å². The highest BCUT2D eigenvalue weighted by Crippen LogP contribution is 2.13. The average molecular weight is 237 g/mol. The van der Waals surface area contributed by atoms with Crippen molar-refractivity contribution >= 4 is 17.6 Å². The molecule has 0 saturated heterocycles. The van der Waals surface area contributed by atoms with E-state index in [0.29, 0.717) is 10.6 Å². The van der Waals surface area contributed by atoms with E-state index >= 15 is 0 Å². The molecule has 16 heavy (non-hydrogen) atoms. The van der Waals surface area contributed by atoms with Gasteiger partial charge in [0, 0.05) is 16.8 Å². The van der Waals surface area contributed by atoms with Gasteiger partial charge in [-0.3, -0.25) is 4.79 Å². The van der Waals surface area contributed by atoms with Gasteiger partial charge in [0.05, 0.1) is 18.3 Å². The molecule has 4 nitrogen and oxygen atoms in total. The molecule has 1 N–H and O–H groups in total. The summed E-state index contributed by atoms with van der Waals surface area (Å²) in [6.07, 6.45) is 3.22. The molecule has 2 rings (SSSR count). The molecule has 0 aliphatic rings. The summed E-state index contributed by atoms with van der Waals surface area (Å²) in [6.45, 7) is 0. The minimum atomic E-state index is -0.865. The van der Waals surface area contributed by atoms with Crippen LogP contribution >= 0.6 is 11.6 Å². The molecular weight excluding hydrogens is 228 g/mol. The molecular formula is C11H9ClN2O2. The molecule has 0 bridgehead atoms. The van der Waals surface area contributed by atoms with E-state index in [1.54, 1.807) is 29.2 Å². The first-order valence-electron chi connectivity index (χ1n) is 4.66. The Kier molecular flexibility index (Phi) is 2.92. The second kappa shape index (κ2) is 4.37. The molecule has 0 aliphatic heterocycles.